The number of thiazole rings is 1. The molecule has 0 atom stereocenters. The number of fused-ring (bicyclic) bond motifs is 1. The minimum Gasteiger partial charge on any atom is -0.266 e. The fraction of sp³-hybridized carbons (Fsp3) is 0.0714. The molecule has 0 saturated carbocycles. The summed E-state index contributed by atoms with van der Waals surface area (Å²) in [5.41, 5.74) is 0.986. The quantitative estimate of drug-likeness (QED) is 0.711. The molecule has 2 aromatic heterocycles. The van der Waals surface area contributed by atoms with Crippen molar-refractivity contribution in [3.63, 3.8) is 0 Å². The predicted molar refractivity (Wildman–Crippen MR) is 77.0 cm³/mol. The molecule has 0 unspecified atom stereocenters. The maximum Gasteiger partial charge on any atom is 0.291 e. The molecular weight excluding hydrogens is 258 g/mol. The molecule has 0 bridgehead atoms. The van der Waals surface area contributed by atoms with Gasteiger partial charge in [0.05, 0.1) is 4.53 Å². The highest BCUT2D eigenvalue weighted by molar-refractivity contribution is 7.15. The highest BCUT2D eigenvalue weighted by Gasteiger charge is 2.06. The molecule has 0 radical (unpaired) electrons. The first-order valence-corrected chi connectivity index (χ1v) is 6.65. The molecule has 2 heterocycles. The highest BCUT2D eigenvalue weighted by Crippen LogP contribution is 2.02. The number of rotatable bonds is 2. The Morgan fingerprint density at radius 1 is 1.26 bits per heavy atom. The maximum atomic E-state index is 12.0. The summed E-state index contributed by atoms with van der Waals surface area (Å²) < 4.78 is 1.99. The van der Waals surface area contributed by atoms with Gasteiger partial charge in [0, 0.05) is 0 Å². The first-order chi connectivity index (χ1) is 9.24. The Morgan fingerprint density at radius 3 is 2.79 bits per heavy atom. The SMILES string of the molecule is Cc1nc2s/c(=C\C=C\c3ccccc3)c(=O)n2n1. The van der Waals surface area contributed by atoms with Crippen LogP contribution in [0.5, 0.6) is 0 Å². The summed E-state index contributed by atoms with van der Waals surface area (Å²) >= 11 is 1.35. The molecule has 0 aliphatic heterocycles. The molecular formula is C14H11N3OS. The van der Waals surface area contributed by atoms with Gasteiger partial charge in [-0.25, -0.2) is 4.98 Å². The number of hydrogen-bond acceptors (Lipinski definition) is 4. The molecule has 0 spiro atoms. The van der Waals surface area contributed by atoms with Crippen LogP contribution < -0.4 is 10.1 Å². The van der Waals surface area contributed by atoms with Crippen molar-refractivity contribution in [3.05, 3.63) is 62.7 Å². The van der Waals surface area contributed by atoms with Gasteiger partial charge in [-0.3, -0.25) is 4.79 Å². The summed E-state index contributed by atoms with van der Waals surface area (Å²) in [7, 11) is 0. The van der Waals surface area contributed by atoms with Gasteiger partial charge in [0.15, 0.2) is 0 Å². The monoisotopic (exact) mass is 269 g/mol. The van der Waals surface area contributed by atoms with Gasteiger partial charge < -0.3 is 0 Å². The molecule has 0 aliphatic rings. The number of benzene rings is 1. The van der Waals surface area contributed by atoms with Crippen LogP contribution in [0.4, 0.5) is 0 Å². The molecule has 19 heavy (non-hydrogen) atoms. The van der Waals surface area contributed by atoms with E-state index >= 15 is 0 Å². The second-order valence-corrected chi connectivity index (χ2v) is 5.07. The van der Waals surface area contributed by atoms with Crippen LogP contribution in [0, 0.1) is 6.92 Å². The largest absolute Gasteiger partial charge is 0.291 e. The Bertz CT molecular complexity index is 846. The molecule has 0 aliphatic carbocycles. The molecule has 0 N–H and O–H groups in total. The first kappa shape index (κ1) is 11.8. The fourth-order valence-electron chi connectivity index (χ4n) is 1.76. The van der Waals surface area contributed by atoms with E-state index in [0.717, 1.165) is 5.56 Å². The van der Waals surface area contributed by atoms with Crippen molar-refractivity contribution in [1.29, 1.82) is 0 Å². The zero-order valence-corrected chi connectivity index (χ0v) is 11.1. The number of nitrogens with zero attached hydrogens (tertiary/aromatic N) is 3. The van der Waals surface area contributed by atoms with Crippen LogP contribution in [0.15, 0.2) is 41.2 Å². The predicted octanol–water partition coefficient (Wildman–Crippen LogP) is 1.67. The normalized spacial score (nSPS) is 12.8. The van der Waals surface area contributed by atoms with Crippen LogP contribution in [-0.4, -0.2) is 14.6 Å². The van der Waals surface area contributed by atoms with Gasteiger partial charge in [0.2, 0.25) is 4.96 Å². The van der Waals surface area contributed by atoms with Crippen molar-refractivity contribution in [2.45, 2.75) is 6.92 Å². The van der Waals surface area contributed by atoms with Gasteiger partial charge in [-0.05, 0) is 18.6 Å². The lowest BCUT2D eigenvalue weighted by molar-refractivity contribution is 0.904. The van der Waals surface area contributed by atoms with Gasteiger partial charge in [-0.1, -0.05) is 53.8 Å². The Morgan fingerprint density at radius 2 is 2.05 bits per heavy atom. The zero-order valence-electron chi connectivity index (χ0n) is 10.3. The van der Waals surface area contributed by atoms with Crippen molar-refractivity contribution in [2.75, 3.05) is 0 Å². The first-order valence-electron chi connectivity index (χ1n) is 5.84. The van der Waals surface area contributed by atoms with Crippen LogP contribution in [0.3, 0.4) is 0 Å². The van der Waals surface area contributed by atoms with Crippen LogP contribution in [0.1, 0.15) is 11.4 Å². The Labute approximate surface area is 113 Å². The zero-order chi connectivity index (χ0) is 13.2. The van der Waals surface area contributed by atoms with Gasteiger partial charge in [-0.15, -0.1) is 5.10 Å². The molecule has 3 aromatic rings. The third-order valence-corrected chi connectivity index (χ3v) is 3.60. The average Bonchev–Trinajstić information content (AvgIpc) is 2.90. The highest BCUT2D eigenvalue weighted by atomic mass is 32.1. The lowest BCUT2D eigenvalue weighted by Gasteiger charge is -1.87. The second-order valence-electron chi connectivity index (χ2n) is 4.06. The van der Waals surface area contributed by atoms with Crippen molar-refractivity contribution in [2.24, 2.45) is 0 Å². The van der Waals surface area contributed by atoms with Gasteiger partial charge >= 0.3 is 0 Å². The minimum atomic E-state index is -0.113. The van der Waals surface area contributed by atoms with Crippen molar-refractivity contribution in [3.8, 4) is 0 Å². The lowest BCUT2D eigenvalue weighted by Crippen LogP contribution is -2.23. The van der Waals surface area contributed by atoms with E-state index in [1.54, 1.807) is 13.0 Å². The standard InChI is InChI=1S/C14H11N3OS/c1-10-15-14-17(16-10)13(18)12(19-14)9-5-8-11-6-3-2-4-7-11/h2-9H,1H3/b8-5+,12-9-. The van der Waals surface area contributed by atoms with Crippen LogP contribution >= 0.6 is 11.3 Å². The molecule has 0 fully saturated rings. The van der Waals surface area contributed by atoms with E-state index in [0.29, 0.717) is 15.3 Å². The van der Waals surface area contributed by atoms with E-state index in [2.05, 4.69) is 10.1 Å². The molecule has 5 heteroatoms. The molecule has 4 nitrogen and oxygen atoms in total. The van der Waals surface area contributed by atoms with Crippen LogP contribution in [-0.2, 0) is 0 Å². The third-order valence-electron chi connectivity index (χ3n) is 2.62. The lowest BCUT2D eigenvalue weighted by atomic mass is 10.2. The number of aromatic nitrogens is 3. The molecule has 0 amide bonds. The summed E-state index contributed by atoms with van der Waals surface area (Å²) in [5, 5.41) is 4.06. The second kappa shape index (κ2) is 4.78. The Hall–Kier alpha value is -2.27. The molecule has 94 valence electrons. The van der Waals surface area contributed by atoms with Crippen LogP contribution in [0.2, 0.25) is 0 Å². The minimum absolute atomic E-state index is 0.113. The van der Waals surface area contributed by atoms with E-state index < -0.39 is 0 Å². The van der Waals surface area contributed by atoms with Gasteiger partial charge in [0.25, 0.3) is 5.56 Å². The number of aryl methyl sites for hydroxylation is 1. The van der Waals surface area contributed by atoms with Crippen molar-refractivity contribution in [1.82, 2.24) is 14.6 Å². The molecule has 3 rings (SSSR count). The van der Waals surface area contributed by atoms with E-state index in [4.69, 9.17) is 0 Å². The molecule has 0 saturated heterocycles. The summed E-state index contributed by atoms with van der Waals surface area (Å²) in [5.74, 6) is 0.620. The summed E-state index contributed by atoms with van der Waals surface area (Å²) in [6, 6.07) is 9.94. The van der Waals surface area contributed by atoms with E-state index in [1.165, 1.54) is 15.9 Å². The van der Waals surface area contributed by atoms with Gasteiger partial charge in [0.1, 0.15) is 5.82 Å². The van der Waals surface area contributed by atoms with Gasteiger partial charge in [-0.2, -0.15) is 4.52 Å². The Balaban J connectivity index is 1.98. The van der Waals surface area contributed by atoms with Crippen molar-refractivity contribution < 1.29 is 0 Å². The number of hydrogen-bond donors (Lipinski definition) is 0. The smallest absolute Gasteiger partial charge is 0.266 e. The fourth-order valence-corrected chi connectivity index (χ4v) is 2.66. The third kappa shape index (κ3) is 2.32. The topological polar surface area (TPSA) is 47.3 Å². The average molecular weight is 269 g/mol. The number of allylic oxidation sites excluding steroid dienone is 1. The van der Waals surface area contributed by atoms with E-state index in [1.807, 2.05) is 42.5 Å². The van der Waals surface area contributed by atoms with E-state index in [9.17, 15) is 4.79 Å². The van der Waals surface area contributed by atoms with Crippen molar-refractivity contribution >= 4 is 28.4 Å². The summed E-state index contributed by atoms with van der Waals surface area (Å²) in [6.45, 7) is 1.78. The Kier molecular flexibility index (Phi) is 2.97. The summed E-state index contributed by atoms with van der Waals surface area (Å²) in [6.07, 6.45) is 5.63. The molecule has 1 aromatic carbocycles. The van der Waals surface area contributed by atoms with E-state index in [-0.39, 0.29) is 5.56 Å². The maximum absolute atomic E-state index is 12.0. The summed E-state index contributed by atoms with van der Waals surface area (Å²) in [4.78, 5) is 16.8. The van der Waals surface area contributed by atoms with Crippen LogP contribution in [0.25, 0.3) is 17.1 Å².